The Hall–Kier alpha value is -2.17. The number of rotatable bonds is 3. The third kappa shape index (κ3) is 2.40. The van der Waals surface area contributed by atoms with Gasteiger partial charge >= 0.3 is 0 Å². The van der Waals surface area contributed by atoms with Crippen molar-refractivity contribution in [2.24, 2.45) is 0 Å². The molecule has 0 bridgehead atoms. The molecule has 2 aliphatic rings. The predicted octanol–water partition coefficient (Wildman–Crippen LogP) is 2.62. The van der Waals surface area contributed by atoms with E-state index in [-0.39, 0.29) is 17.8 Å². The van der Waals surface area contributed by atoms with E-state index in [0.29, 0.717) is 11.6 Å². The van der Waals surface area contributed by atoms with Crippen LogP contribution >= 0.6 is 0 Å². The number of anilines is 1. The monoisotopic (exact) mass is 299 g/mol. The zero-order valence-electron chi connectivity index (χ0n) is 12.3. The lowest BCUT2D eigenvalue weighted by Gasteiger charge is -2.27. The maximum absolute atomic E-state index is 13.4. The molecule has 1 aromatic carbocycles. The van der Waals surface area contributed by atoms with E-state index in [2.05, 4.69) is 15.2 Å². The van der Waals surface area contributed by atoms with E-state index in [1.54, 1.807) is 12.3 Å². The molecule has 22 heavy (non-hydrogen) atoms. The Bertz CT molecular complexity index is 729. The van der Waals surface area contributed by atoms with Gasteiger partial charge in [0.1, 0.15) is 11.9 Å². The molecule has 1 aliphatic carbocycles. The lowest BCUT2D eigenvalue weighted by molar-refractivity contribution is -0.122. The van der Waals surface area contributed by atoms with Gasteiger partial charge in [0, 0.05) is 35.9 Å². The van der Waals surface area contributed by atoms with E-state index < -0.39 is 0 Å². The average molecular weight is 299 g/mol. The van der Waals surface area contributed by atoms with Crippen LogP contribution < -0.4 is 10.2 Å². The molecule has 0 unspecified atom stereocenters. The largest absolute Gasteiger partial charge is 0.359 e. The molecule has 2 heterocycles. The Balaban J connectivity index is 1.69. The van der Waals surface area contributed by atoms with Gasteiger partial charge in [-0.1, -0.05) is 0 Å². The summed E-state index contributed by atoms with van der Waals surface area (Å²) >= 11 is 0. The van der Waals surface area contributed by atoms with Gasteiger partial charge in [-0.2, -0.15) is 0 Å². The third-order valence-electron chi connectivity index (χ3n) is 4.47. The first-order valence-corrected chi connectivity index (χ1v) is 7.84. The van der Waals surface area contributed by atoms with Crippen LogP contribution in [0.3, 0.4) is 0 Å². The lowest BCUT2D eigenvalue weighted by atomic mass is 10.1. The third-order valence-corrected chi connectivity index (χ3v) is 4.47. The van der Waals surface area contributed by atoms with Crippen LogP contribution in [0.4, 0.5) is 10.1 Å². The molecule has 114 valence electrons. The van der Waals surface area contributed by atoms with Crippen molar-refractivity contribution < 1.29 is 9.18 Å². The quantitative estimate of drug-likeness (QED) is 0.947. The van der Waals surface area contributed by atoms with E-state index in [1.165, 1.54) is 12.1 Å². The molecule has 4 nitrogen and oxygen atoms in total. The summed E-state index contributed by atoms with van der Waals surface area (Å²) in [5, 5.41) is 3.99. The molecule has 2 aromatic rings. The van der Waals surface area contributed by atoms with Crippen LogP contribution in [-0.2, 0) is 4.79 Å². The minimum absolute atomic E-state index is 0.118. The minimum Gasteiger partial charge on any atom is -0.359 e. The van der Waals surface area contributed by atoms with Gasteiger partial charge in [0.05, 0.1) is 5.52 Å². The van der Waals surface area contributed by atoms with Crippen molar-refractivity contribution >= 4 is 22.5 Å². The number of fused-ring (bicyclic) bond motifs is 1. The van der Waals surface area contributed by atoms with E-state index in [1.807, 2.05) is 6.07 Å². The summed E-state index contributed by atoms with van der Waals surface area (Å²) < 4.78 is 13.4. The fourth-order valence-corrected chi connectivity index (χ4v) is 3.21. The molecule has 1 N–H and O–H groups in total. The topological polar surface area (TPSA) is 45.2 Å². The Morgan fingerprint density at radius 1 is 1.27 bits per heavy atom. The van der Waals surface area contributed by atoms with E-state index in [0.717, 1.165) is 43.3 Å². The molecular weight excluding hydrogens is 281 g/mol. The molecular formula is C17H18FN3O. The maximum atomic E-state index is 13.4. The Morgan fingerprint density at radius 3 is 2.95 bits per heavy atom. The van der Waals surface area contributed by atoms with Gasteiger partial charge in [0.15, 0.2) is 0 Å². The summed E-state index contributed by atoms with van der Waals surface area (Å²) in [6.07, 6.45) is 5.73. The summed E-state index contributed by atoms with van der Waals surface area (Å²) in [7, 11) is 0. The zero-order chi connectivity index (χ0) is 15.1. The normalized spacial score (nSPS) is 21.3. The number of carbonyl (C=O) groups excluding carboxylic acids is 1. The van der Waals surface area contributed by atoms with Crippen molar-refractivity contribution in [3.63, 3.8) is 0 Å². The van der Waals surface area contributed by atoms with Crippen LogP contribution in [-0.4, -0.2) is 29.5 Å². The number of benzene rings is 1. The summed E-state index contributed by atoms with van der Waals surface area (Å²) in [6.45, 7) is 0.846. The summed E-state index contributed by atoms with van der Waals surface area (Å²) in [5.74, 6) is -0.173. The molecule has 1 aliphatic heterocycles. The molecule has 1 saturated heterocycles. The zero-order valence-corrected chi connectivity index (χ0v) is 12.3. The molecule has 1 atom stereocenters. The highest BCUT2D eigenvalue weighted by Gasteiger charge is 2.34. The van der Waals surface area contributed by atoms with Crippen molar-refractivity contribution in [1.82, 2.24) is 10.3 Å². The number of aromatic nitrogens is 1. The second kappa shape index (κ2) is 5.23. The first-order chi connectivity index (χ1) is 10.7. The SMILES string of the molecule is O=C(NC1CC1)[C@H]1CCCN1c1ccnc2cc(F)ccc12. The van der Waals surface area contributed by atoms with Crippen molar-refractivity contribution in [1.29, 1.82) is 0 Å². The fourth-order valence-electron chi connectivity index (χ4n) is 3.21. The molecule has 2 fully saturated rings. The van der Waals surface area contributed by atoms with Crippen molar-refractivity contribution in [2.75, 3.05) is 11.4 Å². The second-order valence-electron chi connectivity index (χ2n) is 6.13. The predicted molar refractivity (Wildman–Crippen MR) is 83.2 cm³/mol. The Labute approximate surface area is 128 Å². The summed E-state index contributed by atoms with van der Waals surface area (Å²) in [4.78, 5) is 18.8. The van der Waals surface area contributed by atoms with Crippen LogP contribution in [0.25, 0.3) is 10.9 Å². The number of nitrogens with zero attached hydrogens (tertiary/aromatic N) is 2. The Morgan fingerprint density at radius 2 is 2.14 bits per heavy atom. The van der Waals surface area contributed by atoms with E-state index in [9.17, 15) is 9.18 Å². The Kier molecular flexibility index (Phi) is 3.21. The highest BCUT2D eigenvalue weighted by Crippen LogP contribution is 2.32. The van der Waals surface area contributed by atoms with Crippen LogP contribution in [0.1, 0.15) is 25.7 Å². The van der Waals surface area contributed by atoms with Gasteiger partial charge in [0.2, 0.25) is 5.91 Å². The van der Waals surface area contributed by atoms with Crippen molar-refractivity contribution in [3.05, 3.63) is 36.3 Å². The van der Waals surface area contributed by atoms with Gasteiger partial charge < -0.3 is 10.2 Å². The highest BCUT2D eigenvalue weighted by atomic mass is 19.1. The minimum atomic E-state index is -0.290. The number of amides is 1. The number of hydrogen-bond acceptors (Lipinski definition) is 3. The van der Waals surface area contributed by atoms with Crippen LogP contribution in [0.5, 0.6) is 0 Å². The van der Waals surface area contributed by atoms with Crippen LogP contribution in [0.2, 0.25) is 0 Å². The molecule has 5 heteroatoms. The van der Waals surface area contributed by atoms with Gasteiger partial charge in [-0.25, -0.2) is 4.39 Å². The standard InChI is InChI=1S/C17H18FN3O/c18-11-3-6-13-14(10-11)19-8-7-15(13)21-9-1-2-16(21)17(22)20-12-4-5-12/h3,6-8,10,12,16H,1-2,4-5,9H2,(H,20,22)/t16-/m1/s1. The smallest absolute Gasteiger partial charge is 0.242 e. The summed E-state index contributed by atoms with van der Waals surface area (Å²) in [6, 6.07) is 6.80. The second-order valence-corrected chi connectivity index (χ2v) is 6.13. The van der Waals surface area contributed by atoms with Gasteiger partial charge in [0.25, 0.3) is 0 Å². The average Bonchev–Trinajstić information content (AvgIpc) is 3.18. The molecule has 1 saturated carbocycles. The van der Waals surface area contributed by atoms with Crippen LogP contribution in [0.15, 0.2) is 30.5 Å². The van der Waals surface area contributed by atoms with Gasteiger partial charge in [-0.15, -0.1) is 0 Å². The molecule has 4 rings (SSSR count). The number of hydrogen-bond donors (Lipinski definition) is 1. The summed E-state index contributed by atoms with van der Waals surface area (Å²) in [5.41, 5.74) is 1.60. The van der Waals surface area contributed by atoms with E-state index >= 15 is 0 Å². The molecule has 0 spiro atoms. The first kappa shape index (κ1) is 13.5. The molecule has 0 radical (unpaired) electrons. The molecule has 1 amide bonds. The molecule has 1 aromatic heterocycles. The number of halogens is 1. The van der Waals surface area contributed by atoms with Crippen LogP contribution in [0, 0.1) is 5.82 Å². The van der Waals surface area contributed by atoms with Gasteiger partial charge in [-0.3, -0.25) is 9.78 Å². The maximum Gasteiger partial charge on any atom is 0.242 e. The van der Waals surface area contributed by atoms with E-state index in [4.69, 9.17) is 0 Å². The van der Waals surface area contributed by atoms with Crippen molar-refractivity contribution in [3.8, 4) is 0 Å². The fraction of sp³-hybridized carbons (Fsp3) is 0.412. The van der Waals surface area contributed by atoms with Gasteiger partial charge in [-0.05, 0) is 43.9 Å². The highest BCUT2D eigenvalue weighted by molar-refractivity contribution is 5.95. The number of carbonyl (C=O) groups is 1. The first-order valence-electron chi connectivity index (χ1n) is 7.84. The lowest BCUT2D eigenvalue weighted by Crippen LogP contribution is -2.44. The number of nitrogens with one attached hydrogen (secondary N) is 1. The number of pyridine rings is 1. The van der Waals surface area contributed by atoms with Crippen molar-refractivity contribution in [2.45, 2.75) is 37.8 Å².